The van der Waals surface area contributed by atoms with Gasteiger partial charge in [-0.3, -0.25) is 4.79 Å². The van der Waals surface area contributed by atoms with Crippen LogP contribution in [-0.2, 0) is 14.8 Å². The van der Waals surface area contributed by atoms with Gasteiger partial charge in [0.2, 0.25) is 10.0 Å². The molecule has 1 fully saturated rings. The molecule has 0 bridgehead atoms. The van der Waals surface area contributed by atoms with Crippen molar-refractivity contribution in [3.05, 3.63) is 29.8 Å². The standard InChI is InChI=1S/C12H15NO4S/c1-12(2)9(10(12)11(14)15)7-3-5-8(6-4-7)18(13,16)17/h3-6,9-10H,1-2H3,(H,14,15)(H2,13,16,17)/t9?,10-/m1/s1. The molecule has 0 heterocycles. The van der Waals surface area contributed by atoms with Crippen molar-refractivity contribution in [3.63, 3.8) is 0 Å². The zero-order valence-electron chi connectivity index (χ0n) is 10.1. The van der Waals surface area contributed by atoms with Crippen molar-refractivity contribution in [2.75, 3.05) is 0 Å². The summed E-state index contributed by atoms with van der Waals surface area (Å²) in [6.07, 6.45) is 0. The second kappa shape index (κ2) is 3.80. The van der Waals surface area contributed by atoms with Crippen LogP contribution in [0.5, 0.6) is 0 Å². The summed E-state index contributed by atoms with van der Waals surface area (Å²) in [5.41, 5.74) is 0.536. The number of carboxylic acids is 1. The molecule has 1 aromatic carbocycles. The summed E-state index contributed by atoms with van der Waals surface area (Å²) in [7, 11) is -3.70. The Kier molecular flexibility index (Phi) is 2.75. The van der Waals surface area contributed by atoms with E-state index in [0.717, 1.165) is 5.56 Å². The van der Waals surface area contributed by atoms with Crippen molar-refractivity contribution in [2.45, 2.75) is 24.7 Å². The molecule has 0 aliphatic heterocycles. The van der Waals surface area contributed by atoms with Gasteiger partial charge >= 0.3 is 5.97 Å². The fraction of sp³-hybridized carbons (Fsp3) is 0.417. The SMILES string of the molecule is CC1(C)C(c2ccc(S(N)(=O)=O)cc2)[C@@H]1C(=O)O. The highest BCUT2D eigenvalue weighted by Crippen LogP contribution is 2.64. The first-order valence-corrected chi connectivity index (χ1v) is 7.06. The molecule has 6 heteroatoms. The molecule has 0 amide bonds. The van der Waals surface area contributed by atoms with Gasteiger partial charge in [0.1, 0.15) is 0 Å². The zero-order valence-corrected chi connectivity index (χ0v) is 10.9. The van der Waals surface area contributed by atoms with Gasteiger partial charge in [-0.15, -0.1) is 0 Å². The Hall–Kier alpha value is -1.40. The average Bonchev–Trinajstić information content (AvgIpc) is 2.80. The van der Waals surface area contributed by atoms with Crippen LogP contribution < -0.4 is 5.14 Å². The maximum atomic E-state index is 11.1. The minimum absolute atomic E-state index is 0.0385. The summed E-state index contributed by atoms with van der Waals surface area (Å²) in [6.45, 7) is 3.79. The van der Waals surface area contributed by atoms with Gasteiger partial charge in [-0.2, -0.15) is 0 Å². The van der Waals surface area contributed by atoms with Crippen molar-refractivity contribution >= 4 is 16.0 Å². The Morgan fingerprint density at radius 1 is 1.28 bits per heavy atom. The fourth-order valence-electron chi connectivity index (χ4n) is 2.59. The molecule has 1 unspecified atom stereocenters. The second-order valence-electron chi connectivity index (χ2n) is 5.23. The minimum atomic E-state index is -3.70. The predicted octanol–water partition coefficient (Wildman–Crippen LogP) is 1.16. The third-order valence-corrected chi connectivity index (χ3v) is 4.59. The summed E-state index contributed by atoms with van der Waals surface area (Å²) in [5.74, 6) is -1.32. The van der Waals surface area contributed by atoms with Gasteiger partial charge in [-0.05, 0) is 23.1 Å². The lowest BCUT2D eigenvalue weighted by atomic mass is 10.0. The Bertz CT molecular complexity index is 589. The van der Waals surface area contributed by atoms with E-state index < -0.39 is 21.9 Å². The molecule has 18 heavy (non-hydrogen) atoms. The van der Waals surface area contributed by atoms with E-state index in [1.807, 2.05) is 13.8 Å². The lowest BCUT2D eigenvalue weighted by Crippen LogP contribution is -2.11. The Balaban J connectivity index is 2.30. The summed E-state index contributed by atoms with van der Waals surface area (Å²) >= 11 is 0. The smallest absolute Gasteiger partial charge is 0.307 e. The van der Waals surface area contributed by atoms with Crippen LogP contribution in [0.2, 0.25) is 0 Å². The first-order valence-electron chi connectivity index (χ1n) is 5.51. The van der Waals surface area contributed by atoms with Gasteiger partial charge in [0, 0.05) is 5.92 Å². The largest absolute Gasteiger partial charge is 0.481 e. The highest BCUT2D eigenvalue weighted by molar-refractivity contribution is 7.89. The van der Waals surface area contributed by atoms with Gasteiger partial charge in [0.25, 0.3) is 0 Å². The van der Waals surface area contributed by atoms with Crippen molar-refractivity contribution in [1.82, 2.24) is 0 Å². The number of carbonyl (C=O) groups is 1. The molecule has 1 aromatic rings. The molecule has 3 N–H and O–H groups in total. The number of primary sulfonamides is 1. The zero-order chi connectivity index (χ0) is 13.7. The summed E-state index contributed by atoms with van der Waals surface area (Å²) in [4.78, 5) is 11.1. The van der Waals surface area contributed by atoms with Crippen LogP contribution in [0.3, 0.4) is 0 Å². The Morgan fingerprint density at radius 2 is 1.78 bits per heavy atom. The molecule has 0 radical (unpaired) electrons. The first kappa shape index (κ1) is 13.0. The number of nitrogens with two attached hydrogens (primary N) is 1. The van der Waals surface area contributed by atoms with E-state index in [2.05, 4.69) is 0 Å². The quantitative estimate of drug-likeness (QED) is 0.860. The first-order chi connectivity index (χ1) is 8.15. The number of aliphatic carboxylic acids is 1. The van der Waals surface area contributed by atoms with E-state index in [1.165, 1.54) is 12.1 Å². The molecular formula is C12H15NO4S. The molecular weight excluding hydrogens is 254 g/mol. The van der Waals surface area contributed by atoms with E-state index in [9.17, 15) is 13.2 Å². The van der Waals surface area contributed by atoms with E-state index in [4.69, 9.17) is 10.2 Å². The van der Waals surface area contributed by atoms with Crippen LogP contribution in [0.1, 0.15) is 25.3 Å². The van der Waals surface area contributed by atoms with Crippen LogP contribution in [-0.4, -0.2) is 19.5 Å². The third-order valence-electron chi connectivity index (χ3n) is 3.66. The number of benzene rings is 1. The molecule has 0 aromatic heterocycles. The Labute approximate surface area is 106 Å². The highest BCUT2D eigenvalue weighted by atomic mass is 32.2. The van der Waals surface area contributed by atoms with E-state index in [-0.39, 0.29) is 16.2 Å². The van der Waals surface area contributed by atoms with Crippen molar-refractivity contribution < 1.29 is 18.3 Å². The highest BCUT2D eigenvalue weighted by Gasteiger charge is 2.62. The maximum Gasteiger partial charge on any atom is 0.307 e. The summed E-state index contributed by atoms with van der Waals surface area (Å²) < 4.78 is 22.2. The van der Waals surface area contributed by atoms with E-state index in [0.29, 0.717) is 0 Å². The normalized spacial score (nSPS) is 25.7. The number of hydrogen-bond acceptors (Lipinski definition) is 3. The molecule has 2 rings (SSSR count). The number of carboxylic acid groups (broad SMARTS) is 1. The van der Waals surface area contributed by atoms with E-state index >= 15 is 0 Å². The molecule has 1 saturated carbocycles. The van der Waals surface area contributed by atoms with E-state index in [1.54, 1.807) is 12.1 Å². The summed E-state index contributed by atoms with van der Waals surface area (Å²) in [5, 5.41) is 14.1. The molecule has 5 nitrogen and oxygen atoms in total. The monoisotopic (exact) mass is 269 g/mol. The van der Waals surface area contributed by atoms with Crippen LogP contribution in [0.4, 0.5) is 0 Å². The van der Waals surface area contributed by atoms with Gasteiger partial charge in [-0.1, -0.05) is 26.0 Å². The van der Waals surface area contributed by atoms with Gasteiger partial charge in [-0.25, -0.2) is 13.6 Å². The second-order valence-corrected chi connectivity index (χ2v) is 6.79. The third kappa shape index (κ3) is 2.02. The lowest BCUT2D eigenvalue weighted by molar-refractivity contribution is -0.139. The molecule has 1 aliphatic rings. The molecule has 1 aliphatic carbocycles. The minimum Gasteiger partial charge on any atom is -0.481 e. The van der Waals surface area contributed by atoms with Crippen LogP contribution in [0, 0.1) is 11.3 Å². The van der Waals surface area contributed by atoms with Crippen molar-refractivity contribution in [3.8, 4) is 0 Å². The number of sulfonamides is 1. The number of hydrogen-bond donors (Lipinski definition) is 2. The van der Waals surface area contributed by atoms with Gasteiger partial charge in [0.05, 0.1) is 10.8 Å². The van der Waals surface area contributed by atoms with Gasteiger partial charge in [0.15, 0.2) is 0 Å². The lowest BCUT2D eigenvalue weighted by Gasteiger charge is -2.04. The van der Waals surface area contributed by atoms with Crippen LogP contribution >= 0.6 is 0 Å². The predicted molar refractivity (Wildman–Crippen MR) is 65.5 cm³/mol. The van der Waals surface area contributed by atoms with Crippen LogP contribution in [0.25, 0.3) is 0 Å². The van der Waals surface area contributed by atoms with Crippen molar-refractivity contribution in [1.29, 1.82) is 0 Å². The van der Waals surface area contributed by atoms with Crippen LogP contribution in [0.15, 0.2) is 29.2 Å². The molecule has 0 spiro atoms. The van der Waals surface area contributed by atoms with Gasteiger partial charge < -0.3 is 5.11 Å². The fourth-order valence-corrected chi connectivity index (χ4v) is 3.10. The van der Waals surface area contributed by atoms with Crippen molar-refractivity contribution in [2.24, 2.45) is 16.5 Å². The molecule has 2 atom stereocenters. The average molecular weight is 269 g/mol. The summed E-state index contributed by atoms with van der Waals surface area (Å²) in [6, 6.07) is 6.10. The Morgan fingerprint density at radius 3 is 2.11 bits per heavy atom. The number of rotatable bonds is 3. The topological polar surface area (TPSA) is 97.5 Å². The maximum absolute atomic E-state index is 11.1. The molecule has 0 saturated heterocycles. The molecule has 98 valence electrons.